The molecule has 2 saturated heterocycles. The predicted molar refractivity (Wildman–Crippen MR) is 108 cm³/mol. The van der Waals surface area contributed by atoms with E-state index in [-0.39, 0.29) is 5.41 Å². The van der Waals surface area contributed by atoms with E-state index in [0.29, 0.717) is 5.56 Å². The fraction of sp³-hybridized carbons (Fsp3) is 0.455. The molecule has 2 aliphatic heterocycles. The maximum absolute atomic E-state index is 11.8. The number of nitrogens with two attached hydrogens (primary N) is 1. The Labute approximate surface area is 161 Å². The number of pyridine rings is 1. The van der Waals surface area contributed by atoms with E-state index in [2.05, 4.69) is 46.0 Å². The minimum Gasteiger partial charge on any atom is -0.365 e. The van der Waals surface area contributed by atoms with Crippen molar-refractivity contribution in [2.45, 2.75) is 32.7 Å². The van der Waals surface area contributed by atoms with E-state index in [9.17, 15) is 4.79 Å². The van der Waals surface area contributed by atoms with Gasteiger partial charge in [0.15, 0.2) is 0 Å². The zero-order chi connectivity index (χ0) is 18.9. The second-order valence-electron chi connectivity index (χ2n) is 8.21. The highest BCUT2D eigenvalue weighted by Gasteiger charge is 2.42. The Morgan fingerprint density at radius 1 is 1.19 bits per heavy atom. The Morgan fingerprint density at radius 3 is 2.89 bits per heavy atom. The van der Waals surface area contributed by atoms with Crippen LogP contribution in [-0.2, 0) is 6.54 Å². The van der Waals surface area contributed by atoms with E-state index < -0.39 is 5.91 Å². The van der Waals surface area contributed by atoms with E-state index in [0.717, 1.165) is 45.0 Å². The van der Waals surface area contributed by atoms with Gasteiger partial charge in [-0.3, -0.25) is 9.69 Å². The van der Waals surface area contributed by atoms with Crippen molar-refractivity contribution in [1.82, 2.24) is 9.88 Å². The summed E-state index contributed by atoms with van der Waals surface area (Å²) in [6, 6.07) is 12.4. The van der Waals surface area contributed by atoms with Gasteiger partial charge in [0.2, 0.25) is 0 Å². The van der Waals surface area contributed by atoms with Gasteiger partial charge in [-0.15, -0.1) is 0 Å². The highest BCUT2D eigenvalue weighted by atomic mass is 16.1. The molecule has 2 fully saturated rings. The molecule has 0 radical (unpaired) electrons. The molecule has 1 spiro atoms. The van der Waals surface area contributed by atoms with Crippen LogP contribution in [0, 0.1) is 12.3 Å². The fourth-order valence-electron chi connectivity index (χ4n) is 4.80. The summed E-state index contributed by atoms with van der Waals surface area (Å²) in [6.07, 6.45) is 5.36. The lowest BCUT2D eigenvalue weighted by Gasteiger charge is -2.40. The highest BCUT2D eigenvalue weighted by molar-refractivity contribution is 5.97. The molecule has 0 aliphatic carbocycles. The average molecular weight is 364 g/mol. The molecule has 1 amide bonds. The molecule has 2 aliphatic rings. The zero-order valence-corrected chi connectivity index (χ0v) is 16.0. The molecule has 0 bridgehead atoms. The first kappa shape index (κ1) is 18.0. The molecule has 0 saturated carbocycles. The Bertz CT molecular complexity index is 837. The number of benzene rings is 1. The van der Waals surface area contributed by atoms with Crippen LogP contribution in [0.2, 0.25) is 0 Å². The third-order valence-corrected chi connectivity index (χ3v) is 6.02. The second-order valence-corrected chi connectivity index (χ2v) is 8.21. The summed E-state index contributed by atoms with van der Waals surface area (Å²) >= 11 is 0. The molecule has 4 rings (SSSR count). The normalized spacial score (nSPS) is 23.1. The number of rotatable bonds is 4. The van der Waals surface area contributed by atoms with Crippen molar-refractivity contribution in [3.8, 4) is 0 Å². The van der Waals surface area contributed by atoms with Crippen molar-refractivity contribution in [2.75, 3.05) is 31.1 Å². The summed E-state index contributed by atoms with van der Waals surface area (Å²) in [5.41, 5.74) is 9.09. The van der Waals surface area contributed by atoms with Crippen molar-refractivity contribution in [2.24, 2.45) is 11.1 Å². The minimum atomic E-state index is -0.399. The molecular weight excluding hydrogens is 336 g/mol. The quantitative estimate of drug-likeness (QED) is 0.906. The molecule has 1 aromatic heterocycles. The van der Waals surface area contributed by atoms with Gasteiger partial charge in [-0.25, -0.2) is 4.98 Å². The standard InChI is InChI=1S/C22H28N4O/c1-17-5-2-6-18(13-17)14-25-11-4-8-22(15-25)9-12-26(16-22)21-19(20(23)27)7-3-10-24-21/h2-3,5-7,10,13H,4,8-9,11-12,14-16H2,1H3,(H2,23,27)/t22-/m0/s1. The molecule has 5 heteroatoms. The molecule has 1 aromatic carbocycles. The first-order valence-electron chi connectivity index (χ1n) is 9.82. The van der Waals surface area contributed by atoms with Gasteiger partial charge in [0.1, 0.15) is 5.82 Å². The number of likely N-dealkylation sites (tertiary alicyclic amines) is 1. The van der Waals surface area contributed by atoms with Gasteiger partial charge < -0.3 is 10.6 Å². The van der Waals surface area contributed by atoms with Crippen LogP contribution < -0.4 is 10.6 Å². The van der Waals surface area contributed by atoms with Crippen LogP contribution in [0.25, 0.3) is 0 Å². The molecule has 5 nitrogen and oxygen atoms in total. The minimum absolute atomic E-state index is 0.286. The first-order valence-corrected chi connectivity index (χ1v) is 9.82. The molecule has 1 atom stereocenters. The summed E-state index contributed by atoms with van der Waals surface area (Å²) in [6.45, 7) is 7.32. The molecule has 27 heavy (non-hydrogen) atoms. The van der Waals surface area contributed by atoms with Crippen LogP contribution in [0.3, 0.4) is 0 Å². The average Bonchev–Trinajstić information content (AvgIpc) is 3.05. The third kappa shape index (κ3) is 3.83. The summed E-state index contributed by atoms with van der Waals surface area (Å²) < 4.78 is 0. The maximum Gasteiger partial charge on any atom is 0.252 e. The zero-order valence-electron chi connectivity index (χ0n) is 16.0. The first-order chi connectivity index (χ1) is 13.0. The van der Waals surface area contributed by atoms with Gasteiger partial charge in [-0.1, -0.05) is 29.8 Å². The maximum atomic E-state index is 11.8. The lowest BCUT2D eigenvalue weighted by atomic mass is 9.79. The van der Waals surface area contributed by atoms with Crippen LogP contribution in [-0.4, -0.2) is 42.0 Å². The number of aryl methyl sites for hydroxylation is 1. The molecule has 142 valence electrons. The molecular formula is C22H28N4O. The summed E-state index contributed by atoms with van der Waals surface area (Å²) in [7, 11) is 0. The molecule has 0 unspecified atom stereocenters. The lowest BCUT2D eigenvalue weighted by Crippen LogP contribution is -2.44. The van der Waals surface area contributed by atoms with E-state index >= 15 is 0 Å². The predicted octanol–water partition coefficient (Wildman–Crippen LogP) is 2.98. The van der Waals surface area contributed by atoms with Gasteiger partial charge in [-0.2, -0.15) is 0 Å². The number of piperidine rings is 1. The smallest absolute Gasteiger partial charge is 0.252 e. The highest BCUT2D eigenvalue weighted by Crippen LogP contribution is 2.41. The summed E-state index contributed by atoms with van der Waals surface area (Å²) in [5, 5.41) is 0. The van der Waals surface area contributed by atoms with Crippen molar-refractivity contribution < 1.29 is 4.79 Å². The van der Waals surface area contributed by atoms with E-state index in [1.54, 1.807) is 18.3 Å². The largest absolute Gasteiger partial charge is 0.365 e. The second kappa shape index (κ2) is 7.31. The van der Waals surface area contributed by atoms with Crippen LogP contribution in [0.5, 0.6) is 0 Å². The Hall–Kier alpha value is -2.40. The Morgan fingerprint density at radius 2 is 2.07 bits per heavy atom. The molecule has 3 heterocycles. The van der Waals surface area contributed by atoms with Crippen LogP contribution >= 0.6 is 0 Å². The van der Waals surface area contributed by atoms with Crippen molar-refractivity contribution in [1.29, 1.82) is 0 Å². The lowest BCUT2D eigenvalue weighted by molar-refractivity contribution is 0.0986. The summed E-state index contributed by atoms with van der Waals surface area (Å²) in [5.74, 6) is 0.349. The fourth-order valence-corrected chi connectivity index (χ4v) is 4.80. The third-order valence-electron chi connectivity index (χ3n) is 6.02. The van der Waals surface area contributed by atoms with Crippen molar-refractivity contribution in [3.05, 3.63) is 59.3 Å². The van der Waals surface area contributed by atoms with Gasteiger partial charge >= 0.3 is 0 Å². The van der Waals surface area contributed by atoms with Crippen molar-refractivity contribution >= 4 is 11.7 Å². The van der Waals surface area contributed by atoms with Gasteiger partial charge in [-0.05, 0) is 50.4 Å². The van der Waals surface area contributed by atoms with E-state index in [1.807, 2.05) is 0 Å². The van der Waals surface area contributed by atoms with Crippen LogP contribution in [0.15, 0.2) is 42.6 Å². The number of anilines is 1. The van der Waals surface area contributed by atoms with Crippen LogP contribution in [0.1, 0.15) is 40.7 Å². The Kier molecular flexibility index (Phi) is 4.87. The van der Waals surface area contributed by atoms with E-state index in [4.69, 9.17) is 5.73 Å². The topological polar surface area (TPSA) is 62.5 Å². The number of aromatic nitrogens is 1. The van der Waals surface area contributed by atoms with E-state index in [1.165, 1.54) is 24.0 Å². The number of hydrogen-bond acceptors (Lipinski definition) is 4. The summed E-state index contributed by atoms with van der Waals surface area (Å²) in [4.78, 5) is 21.1. The number of primary amides is 1. The van der Waals surface area contributed by atoms with Crippen LogP contribution in [0.4, 0.5) is 5.82 Å². The number of hydrogen-bond donors (Lipinski definition) is 1. The molecule has 2 N–H and O–H groups in total. The van der Waals surface area contributed by atoms with Gasteiger partial charge in [0.25, 0.3) is 5.91 Å². The van der Waals surface area contributed by atoms with Gasteiger partial charge in [0.05, 0.1) is 5.56 Å². The number of nitrogens with zero attached hydrogens (tertiary/aromatic N) is 3. The SMILES string of the molecule is Cc1cccc(CN2CCC[C@]3(CCN(c4ncccc4C(N)=O)C3)C2)c1. The number of carbonyl (C=O) groups is 1. The monoisotopic (exact) mass is 364 g/mol. The number of carbonyl (C=O) groups excluding carboxylic acids is 1. The van der Waals surface area contributed by atoms with Crippen molar-refractivity contribution in [3.63, 3.8) is 0 Å². The van der Waals surface area contributed by atoms with Gasteiger partial charge in [0, 0.05) is 37.8 Å². The number of amides is 1. The Balaban J connectivity index is 1.47. The molecule has 2 aromatic rings.